The van der Waals surface area contributed by atoms with Crippen molar-refractivity contribution in [2.75, 3.05) is 30.9 Å². The molecule has 0 radical (unpaired) electrons. The monoisotopic (exact) mass is 438 g/mol. The smallest absolute Gasteiger partial charge is 0.330 e. The van der Waals surface area contributed by atoms with Crippen LogP contribution in [0.1, 0.15) is 11.5 Å². The first-order valence-corrected chi connectivity index (χ1v) is 9.83. The van der Waals surface area contributed by atoms with Crippen molar-refractivity contribution in [3.8, 4) is 11.6 Å². The van der Waals surface area contributed by atoms with E-state index in [2.05, 4.69) is 15.1 Å². The van der Waals surface area contributed by atoms with Crippen molar-refractivity contribution in [3.63, 3.8) is 0 Å². The molecule has 0 aliphatic rings. The highest BCUT2D eigenvalue weighted by atomic mass is 16.5. The van der Waals surface area contributed by atoms with Gasteiger partial charge in [-0.1, -0.05) is 35.5 Å². The lowest BCUT2D eigenvalue weighted by molar-refractivity contribution is 0.204. The molecule has 3 heterocycles. The first-order chi connectivity index (χ1) is 15.6. The third kappa shape index (κ3) is 4.47. The number of hydrogen-bond acceptors (Lipinski definition) is 9. The molecule has 0 aliphatic heterocycles. The summed E-state index contributed by atoms with van der Waals surface area (Å²) in [5.41, 5.74) is 6.10. The lowest BCUT2D eigenvalue weighted by Crippen LogP contribution is -2.39. The molecule has 0 spiro atoms. The molecule has 0 bridgehead atoms. The second-order valence-electron chi connectivity index (χ2n) is 6.97. The number of anilines is 2. The van der Waals surface area contributed by atoms with E-state index in [0.29, 0.717) is 18.9 Å². The first kappa shape index (κ1) is 21.1. The fraction of sp³-hybridized carbons (Fsp3) is 0.238. The van der Waals surface area contributed by atoms with Crippen molar-refractivity contribution in [1.29, 1.82) is 0 Å². The molecule has 1 aromatic carbocycles. The standard InChI is InChI=1S/C21H22N6O5/c1-30-11-9-26(13-16-23-19(25-32-16)15-8-5-10-31-15)17-18(22)27(21(29)24-20(17)28)12-14-6-3-2-4-7-14/h2-8,10H,9,11-13,22H2,1H3,(H,24,28,29). The maximum atomic E-state index is 12.7. The molecular weight excluding hydrogens is 416 g/mol. The quantitative estimate of drug-likeness (QED) is 0.396. The van der Waals surface area contributed by atoms with Gasteiger partial charge in [-0.2, -0.15) is 4.98 Å². The van der Waals surface area contributed by atoms with Crippen LogP contribution in [0.3, 0.4) is 0 Å². The summed E-state index contributed by atoms with van der Waals surface area (Å²) in [5, 5.41) is 3.91. The van der Waals surface area contributed by atoms with Crippen molar-refractivity contribution in [1.82, 2.24) is 19.7 Å². The number of hydrogen-bond donors (Lipinski definition) is 2. The van der Waals surface area contributed by atoms with Gasteiger partial charge in [-0.15, -0.1) is 0 Å². The zero-order valence-corrected chi connectivity index (χ0v) is 17.4. The van der Waals surface area contributed by atoms with Crippen LogP contribution in [-0.4, -0.2) is 40.0 Å². The molecule has 3 N–H and O–H groups in total. The van der Waals surface area contributed by atoms with Crippen LogP contribution in [0.25, 0.3) is 11.6 Å². The number of nitrogens with one attached hydrogen (secondary N) is 1. The Bertz CT molecular complexity index is 1280. The third-order valence-electron chi connectivity index (χ3n) is 4.81. The van der Waals surface area contributed by atoms with Gasteiger partial charge in [-0.05, 0) is 17.7 Å². The number of benzene rings is 1. The van der Waals surface area contributed by atoms with Crippen LogP contribution in [0, 0.1) is 0 Å². The number of nitrogens with two attached hydrogens (primary N) is 1. The number of ether oxygens (including phenoxy) is 1. The van der Waals surface area contributed by atoms with Crippen molar-refractivity contribution in [3.05, 3.63) is 81.0 Å². The Morgan fingerprint density at radius 1 is 1.19 bits per heavy atom. The van der Waals surface area contributed by atoms with Crippen LogP contribution in [-0.2, 0) is 17.8 Å². The van der Waals surface area contributed by atoms with Crippen LogP contribution < -0.4 is 21.9 Å². The summed E-state index contributed by atoms with van der Waals surface area (Å²) >= 11 is 0. The second kappa shape index (κ2) is 9.35. The molecule has 166 valence electrons. The van der Waals surface area contributed by atoms with Crippen molar-refractivity contribution in [2.45, 2.75) is 13.1 Å². The molecule has 11 heteroatoms. The van der Waals surface area contributed by atoms with Gasteiger partial charge in [0.2, 0.25) is 11.7 Å². The van der Waals surface area contributed by atoms with E-state index in [-0.39, 0.29) is 36.3 Å². The van der Waals surface area contributed by atoms with E-state index >= 15 is 0 Å². The number of nitrogens with zero attached hydrogens (tertiary/aromatic N) is 4. The summed E-state index contributed by atoms with van der Waals surface area (Å²) < 4.78 is 17.1. The highest BCUT2D eigenvalue weighted by Crippen LogP contribution is 2.21. The summed E-state index contributed by atoms with van der Waals surface area (Å²) in [6.45, 7) is 0.881. The van der Waals surface area contributed by atoms with Crippen LogP contribution in [0.2, 0.25) is 0 Å². The Morgan fingerprint density at radius 2 is 2.00 bits per heavy atom. The highest BCUT2D eigenvalue weighted by Gasteiger charge is 2.22. The van der Waals surface area contributed by atoms with Crippen LogP contribution in [0.5, 0.6) is 0 Å². The molecule has 11 nitrogen and oxygen atoms in total. The molecule has 0 fully saturated rings. The van der Waals surface area contributed by atoms with E-state index in [0.717, 1.165) is 5.56 Å². The van der Waals surface area contributed by atoms with Crippen molar-refractivity contribution < 1.29 is 13.7 Å². The summed E-state index contributed by atoms with van der Waals surface area (Å²) in [4.78, 5) is 33.5. The van der Waals surface area contributed by atoms with E-state index in [1.54, 1.807) is 24.1 Å². The number of aromatic amines is 1. The van der Waals surface area contributed by atoms with E-state index in [4.69, 9.17) is 19.4 Å². The number of furan rings is 1. The zero-order valence-electron chi connectivity index (χ0n) is 17.4. The van der Waals surface area contributed by atoms with Gasteiger partial charge in [-0.3, -0.25) is 14.3 Å². The maximum absolute atomic E-state index is 12.7. The van der Waals surface area contributed by atoms with Gasteiger partial charge in [0.15, 0.2) is 5.76 Å². The molecule has 0 unspecified atom stereocenters. The zero-order chi connectivity index (χ0) is 22.5. The van der Waals surface area contributed by atoms with Gasteiger partial charge in [0.05, 0.1) is 26.0 Å². The normalized spacial score (nSPS) is 11.0. The Balaban J connectivity index is 1.69. The van der Waals surface area contributed by atoms with Gasteiger partial charge >= 0.3 is 5.69 Å². The molecule has 4 rings (SSSR count). The summed E-state index contributed by atoms with van der Waals surface area (Å²) in [5.74, 6) is 1.02. The highest BCUT2D eigenvalue weighted by molar-refractivity contribution is 5.62. The predicted molar refractivity (Wildman–Crippen MR) is 116 cm³/mol. The number of aromatic nitrogens is 4. The van der Waals surface area contributed by atoms with Crippen molar-refractivity contribution >= 4 is 11.5 Å². The van der Waals surface area contributed by atoms with Crippen LogP contribution >= 0.6 is 0 Å². The fourth-order valence-electron chi connectivity index (χ4n) is 3.27. The van der Waals surface area contributed by atoms with Gasteiger partial charge in [0.1, 0.15) is 11.5 Å². The number of rotatable bonds is 9. The molecule has 0 saturated carbocycles. The van der Waals surface area contributed by atoms with E-state index in [1.807, 2.05) is 30.3 Å². The number of H-pyrrole nitrogens is 1. The maximum Gasteiger partial charge on any atom is 0.330 e. The van der Waals surface area contributed by atoms with Crippen molar-refractivity contribution in [2.24, 2.45) is 0 Å². The third-order valence-corrected chi connectivity index (χ3v) is 4.81. The van der Waals surface area contributed by atoms with Crippen LogP contribution in [0.4, 0.5) is 11.5 Å². The average molecular weight is 438 g/mol. The van der Waals surface area contributed by atoms with Gasteiger partial charge < -0.3 is 24.3 Å². The largest absolute Gasteiger partial charge is 0.461 e. The SMILES string of the molecule is COCCN(Cc1nc(-c2ccco2)no1)c1c(N)n(Cc2ccccc2)c(=O)[nH]c1=O. The van der Waals surface area contributed by atoms with Gasteiger partial charge in [-0.25, -0.2) is 4.79 Å². The lowest BCUT2D eigenvalue weighted by Gasteiger charge is -2.24. The predicted octanol–water partition coefficient (Wildman–Crippen LogP) is 1.46. The second-order valence-corrected chi connectivity index (χ2v) is 6.97. The average Bonchev–Trinajstić information content (AvgIpc) is 3.47. The molecule has 0 atom stereocenters. The van der Waals surface area contributed by atoms with Crippen LogP contribution in [0.15, 0.2) is 67.3 Å². The van der Waals surface area contributed by atoms with Gasteiger partial charge in [0, 0.05) is 13.7 Å². The molecular formula is C21H22N6O5. The molecule has 0 amide bonds. The molecule has 0 saturated heterocycles. The minimum Gasteiger partial charge on any atom is -0.461 e. The minimum absolute atomic E-state index is 0.0319. The number of methoxy groups -OCH3 is 1. The topological polar surface area (TPSA) is 145 Å². The minimum atomic E-state index is -0.612. The molecule has 4 aromatic rings. The fourth-order valence-corrected chi connectivity index (χ4v) is 3.27. The Labute approximate surface area is 182 Å². The summed E-state index contributed by atoms with van der Waals surface area (Å²) in [7, 11) is 1.55. The molecule has 32 heavy (non-hydrogen) atoms. The van der Waals surface area contributed by atoms with E-state index in [1.165, 1.54) is 10.8 Å². The Kier molecular flexibility index (Phi) is 6.17. The van der Waals surface area contributed by atoms with E-state index in [9.17, 15) is 9.59 Å². The van der Waals surface area contributed by atoms with Gasteiger partial charge in [0.25, 0.3) is 5.56 Å². The summed E-state index contributed by atoms with van der Waals surface area (Å²) in [6.07, 6.45) is 1.51. The molecule has 0 aliphatic carbocycles. The number of nitrogen functional groups attached to an aromatic ring is 1. The Morgan fingerprint density at radius 3 is 2.72 bits per heavy atom. The van der Waals surface area contributed by atoms with E-state index < -0.39 is 11.2 Å². The lowest BCUT2D eigenvalue weighted by atomic mass is 10.2. The molecule has 3 aromatic heterocycles. The summed E-state index contributed by atoms with van der Waals surface area (Å²) in [6, 6.07) is 12.8. The first-order valence-electron chi connectivity index (χ1n) is 9.83. The Hall–Kier alpha value is -4.12.